The Balaban J connectivity index is 1.80. The van der Waals surface area contributed by atoms with Crippen LogP contribution in [0.3, 0.4) is 0 Å². The first-order valence-electron chi connectivity index (χ1n) is 15.1. The molecule has 44 heavy (non-hydrogen) atoms. The first-order chi connectivity index (χ1) is 21.0. The van der Waals surface area contributed by atoms with Gasteiger partial charge in [-0.15, -0.1) is 0 Å². The SMILES string of the molecule is COC(=O)[C@H](CO)N(CC1CCCCC1NC(=O)OCc1ccccc1)C[C@H](Cc1ccc(F)cc1)NC(=O)OC(C)(C)C. The van der Waals surface area contributed by atoms with Crippen molar-refractivity contribution in [3.05, 3.63) is 71.5 Å². The number of ether oxygens (including phenoxy) is 3. The van der Waals surface area contributed by atoms with Crippen molar-refractivity contribution in [3.63, 3.8) is 0 Å². The highest BCUT2D eigenvalue weighted by atomic mass is 19.1. The molecule has 0 radical (unpaired) electrons. The van der Waals surface area contributed by atoms with E-state index in [1.165, 1.54) is 19.2 Å². The van der Waals surface area contributed by atoms with Crippen LogP contribution >= 0.6 is 0 Å². The van der Waals surface area contributed by atoms with Gasteiger partial charge in [-0.2, -0.15) is 0 Å². The topological polar surface area (TPSA) is 126 Å². The molecule has 242 valence electrons. The number of carbonyl (C=O) groups excluding carboxylic acids is 3. The van der Waals surface area contributed by atoms with Crippen molar-refractivity contribution in [2.24, 2.45) is 5.92 Å². The molecule has 0 heterocycles. The number of aliphatic hydroxyl groups excluding tert-OH is 1. The van der Waals surface area contributed by atoms with Crippen LogP contribution in [-0.2, 0) is 32.0 Å². The van der Waals surface area contributed by atoms with Crippen molar-refractivity contribution < 1.29 is 38.1 Å². The Morgan fingerprint density at radius 1 is 1.00 bits per heavy atom. The maximum absolute atomic E-state index is 13.6. The first kappa shape index (κ1) is 34.8. The zero-order chi connectivity index (χ0) is 32.1. The lowest BCUT2D eigenvalue weighted by Crippen LogP contribution is -2.56. The van der Waals surface area contributed by atoms with E-state index in [4.69, 9.17) is 14.2 Å². The van der Waals surface area contributed by atoms with Crippen LogP contribution in [0.25, 0.3) is 0 Å². The van der Waals surface area contributed by atoms with E-state index in [9.17, 15) is 23.9 Å². The standard InChI is InChI=1S/C33H46FN3O7/c1-33(2,3)44-32(41)35-27(18-23-14-16-26(34)17-15-23)20-37(29(21-38)30(39)42-4)19-25-12-8-9-13-28(25)36-31(40)43-22-24-10-6-5-7-11-24/h5-7,10-11,14-17,25,27-29,38H,8-9,12-13,18-22H2,1-4H3,(H,35,41)(H,36,40)/t25?,27-,28?,29-/m0/s1. The molecule has 1 aliphatic rings. The minimum absolute atomic E-state index is 0.0697. The summed E-state index contributed by atoms with van der Waals surface area (Å²) in [5, 5.41) is 16.2. The number of esters is 1. The molecule has 3 N–H and O–H groups in total. The van der Waals surface area contributed by atoms with Crippen LogP contribution in [0, 0.1) is 11.7 Å². The van der Waals surface area contributed by atoms with Crippen molar-refractivity contribution in [3.8, 4) is 0 Å². The molecule has 1 aliphatic carbocycles. The lowest BCUT2D eigenvalue weighted by atomic mass is 9.83. The minimum atomic E-state index is -1.01. The molecule has 0 aromatic heterocycles. The smallest absolute Gasteiger partial charge is 0.407 e. The summed E-state index contributed by atoms with van der Waals surface area (Å²) >= 11 is 0. The predicted octanol–water partition coefficient (Wildman–Crippen LogP) is 4.58. The van der Waals surface area contributed by atoms with E-state index in [1.54, 1.807) is 37.8 Å². The zero-order valence-electron chi connectivity index (χ0n) is 26.1. The molecule has 1 fully saturated rings. The Morgan fingerprint density at radius 3 is 2.32 bits per heavy atom. The molecular formula is C33H46FN3O7. The van der Waals surface area contributed by atoms with Gasteiger partial charge in [0.15, 0.2) is 0 Å². The molecule has 2 aromatic rings. The molecule has 11 heteroatoms. The molecule has 0 bridgehead atoms. The summed E-state index contributed by atoms with van der Waals surface area (Å²) in [6.45, 7) is 5.40. The third kappa shape index (κ3) is 11.8. The summed E-state index contributed by atoms with van der Waals surface area (Å²) in [7, 11) is 1.26. The summed E-state index contributed by atoms with van der Waals surface area (Å²) < 4.78 is 29.6. The molecule has 0 spiro atoms. The van der Waals surface area contributed by atoms with Crippen molar-refractivity contribution in [2.75, 3.05) is 26.8 Å². The number of alkyl carbamates (subject to hydrolysis) is 2. The number of amides is 2. The summed E-state index contributed by atoms with van der Waals surface area (Å²) in [6.07, 6.45) is 2.53. The van der Waals surface area contributed by atoms with Crippen LogP contribution < -0.4 is 10.6 Å². The predicted molar refractivity (Wildman–Crippen MR) is 163 cm³/mol. The van der Waals surface area contributed by atoms with Crippen LogP contribution in [0.15, 0.2) is 54.6 Å². The van der Waals surface area contributed by atoms with Gasteiger partial charge < -0.3 is 30.0 Å². The number of hydrogen-bond donors (Lipinski definition) is 3. The number of halogens is 1. The minimum Gasteiger partial charge on any atom is -0.468 e. The summed E-state index contributed by atoms with van der Waals surface area (Å²) in [6, 6.07) is 13.6. The summed E-state index contributed by atoms with van der Waals surface area (Å²) in [5.41, 5.74) is 0.909. The largest absolute Gasteiger partial charge is 0.468 e. The second-order valence-electron chi connectivity index (χ2n) is 12.2. The zero-order valence-corrected chi connectivity index (χ0v) is 26.1. The van der Waals surface area contributed by atoms with Crippen molar-refractivity contribution in [1.29, 1.82) is 0 Å². The van der Waals surface area contributed by atoms with Gasteiger partial charge >= 0.3 is 18.2 Å². The third-order valence-corrected chi connectivity index (χ3v) is 7.55. The van der Waals surface area contributed by atoms with Crippen LogP contribution in [0.4, 0.5) is 14.0 Å². The second kappa shape index (κ2) is 17.0. The number of nitrogens with zero attached hydrogens (tertiary/aromatic N) is 1. The van der Waals surface area contributed by atoms with Gasteiger partial charge in [0.25, 0.3) is 0 Å². The highest BCUT2D eigenvalue weighted by Crippen LogP contribution is 2.27. The molecule has 1 saturated carbocycles. The lowest BCUT2D eigenvalue weighted by molar-refractivity contribution is -0.149. The summed E-state index contributed by atoms with van der Waals surface area (Å²) in [5.74, 6) is -1.07. The average Bonchev–Trinajstić information content (AvgIpc) is 2.98. The van der Waals surface area contributed by atoms with Crippen molar-refractivity contribution in [2.45, 2.75) is 83.2 Å². The van der Waals surface area contributed by atoms with E-state index < -0.39 is 42.4 Å². The Labute approximate surface area is 259 Å². The van der Waals surface area contributed by atoms with Gasteiger partial charge in [0, 0.05) is 25.2 Å². The van der Waals surface area contributed by atoms with Gasteiger partial charge in [-0.1, -0.05) is 55.3 Å². The Morgan fingerprint density at radius 2 is 1.68 bits per heavy atom. The number of nitrogens with one attached hydrogen (secondary N) is 2. The molecule has 2 aromatic carbocycles. The van der Waals surface area contributed by atoms with Gasteiger partial charge in [0.1, 0.15) is 24.1 Å². The van der Waals surface area contributed by atoms with Gasteiger partial charge in [0.2, 0.25) is 0 Å². The lowest BCUT2D eigenvalue weighted by Gasteiger charge is -2.39. The van der Waals surface area contributed by atoms with Crippen LogP contribution in [0.2, 0.25) is 0 Å². The van der Waals surface area contributed by atoms with Gasteiger partial charge in [-0.05, 0) is 69.2 Å². The quantitative estimate of drug-likeness (QED) is 0.221. The number of methoxy groups -OCH3 is 1. The van der Waals surface area contributed by atoms with E-state index in [0.29, 0.717) is 13.0 Å². The number of hydrogen-bond acceptors (Lipinski definition) is 8. The van der Waals surface area contributed by atoms with Gasteiger partial charge in [0.05, 0.1) is 13.7 Å². The Kier molecular flexibility index (Phi) is 13.4. The Hall–Kier alpha value is -3.70. The number of aliphatic hydroxyl groups is 1. The molecule has 2 amide bonds. The number of carbonyl (C=O) groups is 3. The van der Waals surface area contributed by atoms with Gasteiger partial charge in [-0.3, -0.25) is 9.69 Å². The molecule has 2 unspecified atom stereocenters. The van der Waals surface area contributed by atoms with Crippen LogP contribution in [0.1, 0.15) is 57.6 Å². The van der Waals surface area contributed by atoms with Crippen molar-refractivity contribution in [1.82, 2.24) is 15.5 Å². The molecular weight excluding hydrogens is 569 g/mol. The molecule has 4 atom stereocenters. The van der Waals surface area contributed by atoms with Crippen LogP contribution in [0.5, 0.6) is 0 Å². The fourth-order valence-electron chi connectivity index (χ4n) is 5.46. The maximum atomic E-state index is 13.6. The maximum Gasteiger partial charge on any atom is 0.407 e. The molecule has 10 nitrogen and oxygen atoms in total. The number of benzene rings is 2. The second-order valence-corrected chi connectivity index (χ2v) is 12.2. The van der Waals surface area contributed by atoms with Gasteiger partial charge in [-0.25, -0.2) is 14.0 Å². The fraction of sp³-hybridized carbons (Fsp3) is 0.545. The normalized spacial score (nSPS) is 18.2. The Bertz CT molecular complexity index is 1190. The fourth-order valence-corrected chi connectivity index (χ4v) is 5.46. The van der Waals surface area contributed by atoms with E-state index in [1.807, 2.05) is 30.3 Å². The third-order valence-electron chi connectivity index (χ3n) is 7.55. The first-order valence-corrected chi connectivity index (χ1v) is 15.1. The van der Waals surface area contributed by atoms with E-state index in [0.717, 1.165) is 36.8 Å². The average molecular weight is 616 g/mol. The molecule has 3 rings (SSSR count). The van der Waals surface area contributed by atoms with E-state index in [-0.39, 0.29) is 30.9 Å². The summed E-state index contributed by atoms with van der Waals surface area (Å²) in [4.78, 5) is 40.2. The molecule has 0 saturated heterocycles. The number of rotatable bonds is 13. The highest BCUT2D eigenvalue weighted by molar-refractivity contribution is 5.76. The molecule has 0 aliphatic heterocycles. The van der Waals surface area contributed by atoms with E-state index in [2.05, 4.69) is 10.6 Å². The van der Waals surface area contributed by atoms with Crippen LogP contribution in [-0.4, -0.2) is 78.7 Å². The highest BCUT2D eigenvalue weighted by Gasteiger charge is 2.35. The monoisotopic (exact) mass is 615 g/mol. The van der Waals surface area contributed by atoms with E-state index >= 15 is 0 Å². The van der Waals surface area contributed by atoms with Crippen molar-refractivity contribution >= 4 is 18.2 Å².